The Hall–Kier alpha value is -4.35. The summed E-state index contributed by atoms with van der Waals surface area (Å²) in [6.07, 6.45) is 0.693. The van der Waals surface area contributed by atoms with Crippen LogP contribution in [0, 0.1) is 22.9 Å². The molecular weight excluding hydrogens is 483 g/mol. The van der Waals surface area contributed by atoms with E-state index < -0.39 is 40.4 Å². The van der Waals surface area contributed by atoms with Crippen molar-refractivity contribution in [2.45, 2.75) is 46.1 Å². The first-order chi connectivity index (χ1) is 18.2. The number of rotatable bonds is 7. The molecule has 0 fully saturated rings. The number of nitrogens with zero attached hydrogens (tertiary/aromatic N) is 5. The molecule has 37 heavy (non-hydrogen) atoms. The van der Waals surface area contributed by atoms with Gasteiger partial charge >= 0.3 is 11.7 Å². The summed E-state index contributed by atoms with van der Waals surface area (Å²) in [5, 5.41) is 14.1. The molecule has 3 heterocycles. The van der Waals surface area contributed by atoms with Crippen LogP contribution < -0.4 is 15.0 Å². The summed E-state index contributed by atoms with van der Waals surface area (Å²) in [7, 11) is 1.26. The van der Waals surface area contributed by atoms with E-state index in [0.29, 0.717) is 17.1 Å². The first-order valence-corrected chi connectivity index (χ1v) is 11.3. The summed E-state index contributed by atoms with van der Waals surface area (Å²) < 4.78 is 42.8. The fraction of sp³-hybridized carbons (Fsp3) is 0.360. The number of ether oxygens (including phenoxy) is 2. The van der Waals surface area contributed by atoms with Crippen LogP contribution in [0.2, 0.25) is 0 Å². The molecular formula is C25H27FN6O5. The van der Waals surface area contributed by atoms with Gasteiger partial charge in [-0.05, 0) is 32.9 Å². The number of fused-ring (bicyclic) bond motifs is 1. The van der Waals surface area contributed by atoms with Gasteiger partial charge in [0.1, 0.15) is 11.3 Å². The average molecular weight is 513 g/mol. The van der Waals surface area contributed by atoms with Gasteiger partial charge in [-0.2, -0.15) is 9.37 Å². The van der Waals surface area contributed by atoms with Gasteiger partial charge in [0, 0.05) is 35.9 Å². The van der Waals surface area contributed by atoms with Crippen LogP contribution in [-0.2, 0) is 10.2 Å². The number of carbonyl (C=O) groups excluding carboxylic acids is 1. The number of carbonyl (C=O) groups is 1. The number of hydrogen-bond acceptors (Lipinski definition) is 10. The summed E-state index contributed by atoms with van der Waals surface area (Å²) in [6.45, 7) is 6.42. The smallest absolute Gasteiger partial charge is 0.343 e. The van der Waals surface area contributed by atoms with Crippen LogP contribution in [-0.4, -0.2) is 45.6 Å². The minimum absolute atomic E-state index is 0.0171. The Labute approximate surface area is 215 Å². The SMILES string of the molecule is [2H]C1([2H])N(c2nc(Nc3cc([N+](=O)[O-])c(F)cc3OC)ncc2C(=O)OC(C)C)c2ccc(C)nc2C1(C)C. The molecule has 1 aliphatic heterocycles. The predicted molar refractivity (Wildman–Crippen MR) is 134 cm³/mol. The lowest BCUT2D eigenvalue weighted by molar-refractivity contribution is -0.387. The maximum atomic E-state index is 14.2. The second kappa shape index (κ2) is 9.60. The van der Waals surface area contributed by atoms with E-state index in [-0.39, 0.29) is 28.8 Å². The zero-order chi connectivity index (χ0) is 28.9. The maximum Gasteiger partial charge on any atom is 0.343 e. The summed E-state index contributed by atoms with van der Waals surface area (Å²) in [5.41, 5.74) is -0.491. The molecule has 12 heteroatoms. The molecule has 0 unspecified atom stereocenters. The van der Waals surface area contributed by atoms with Gasteiger partial charge in [-0.25, -0.2) is 9.78 Å². The highest BCUT2D eigenvalue weighted by atomic mass is 19.1. The summed E-state index contributed by atoms with van der Waals surface area (Å²) in [6, 6.07) is 5.20. The van der Waals surface area contributed by atoms with Gasteiger partial charge in [-0.15, -0.1) is 0 Å². The van der Waals surface area contributed by atoms with Crippen molar-refractivity contribution in [1.82, 2.24) is 15.0 Å². The maximum absolute atomic E-state index is 14.2. The van der Waals surface area contributed by atoms with E-state index >= 15 is 0 Å². The molecule has 194 valence electrons. The number of nitrogens with one attached hydrogen (secondary N) is 1. The van der Waals surface area contributed by atoms with Crippen molar-refractivity contribution in [3.63, 3.8) is 0 Å². The molecule has 1 aromatic carbocycles. The van der Waals surface area contributed by atoms with E-state index in [4.69, 9.17) is 12.2 Å². The quantitative estimate of drug-likeness (QED) is 0.263. The highest BCUT2D eigenvalue weighted by molar-refractivity contribution is 5.96. The number of methoxy groups -OCH3 is 1. The fourth-order valence-corrected chi connectivity index (χ4v) is 3.85. The van der Waals surface area contributed by atoms with E-state index in [9.17, 15) is 19.3 Å². The van der Waals surface area contributed by atoms with Crippen molar-refractivity contribution in [1.29, 1.82) is 0 Å². The molecule has 1 aliphatic rings. The molecule has 0 atom stereocenters. The van der Waals surface area contributed by atoms with Crippen molar-refractivity contribution >= 4 is 34.8 Å². The van der Waals surface area contributed by atoms with E-state index in [2.05, 4.69) is 20.3 Å². The molecule has 11 nitrogen and oxygen atoms in total. The van der Waals surface area contributed by atoms with Gasteiger partial charge in [0.2, 0.25) is 11.8 Å². The van der Waals surface area contributed by atoms with Crippen molar-refractivity contribution in [3.05, 3.63) is 63.3 Å². The van der Waals surface area contributed by atoms with Gasteiger partial charge in [0.15, 0.2) is 5.82 Å². The normalized spacial score (nSPS) is 16.1. The zero-order valence-corrected chi connectivity index (χ0v) is 21.1. The van der Waals surface area contributed by atoms with Crippen molar-refractivity contribution in [2.24, 2.45) is 0 Å². The Bertz CT molecular complexity index is 1480. The Kier molecular flexibility index (Phi) is 5.99. The molecule has 0 radical (unpaired) electrons. The van der Waals surface area contributed by atoms with Crippen LogP contribution in [0.25, 0.3) is 0 Å². The Morgan fingerprint density at radius 2 is 2.05 bits per heavy atom. The van der Waals surface area contributed by atoms with E-state index in [1.165, 1.54) is 18.2 Å². The number of benzene rings is 1. The third kappa shape index (κ3) is 4.99. The minimum atomic E-state index is -2.11. The molecule has 2 aromatic heterocycles. The molecule has 4 rings (SSSR count). The lowest BCUT2D eigenvalue weighted by Gasteiger charge is -2.23. The molecule has 0 aliphatic carbocycles. The average Bonchev–Trinajstić information content (AvgIpc) is 3.00. The number of nitro groups is 1. The van der Waals surface area contributed by atoms with Crippen LogP contribution in [0.3, 0.4) is 0 Å². The molecule has 3 aromatic rings. The summed E-state index contributed by atoms with van der Waals surface area (Å²) in [4.78, 5) is 37.9. The number of anilines is 4. The highest BCUT2D eigenvalue weighted by Crippen LogP contribution is 2.44. The summed E-state index contributed by atoms with van der Waals surface area (Å²) in [5.74, 6) is -2.20. The monoisotopic (exact) mass is 512 g/mol. The van der Waals surface area contributed by atoms with Gasteiger partial charge < -0.3 is 19.7 Å². The lowest BCUT2D eigenvalue weighted by Crippen LogP contribution is -2.28. The molecule has 0 saturated carbocycles. The van der Waals surface area contributed by atoms with Crippen molar-refractivity contribution in [3.8, 4) is 5.75 Å². The summed E-state index contributed by atoms with van der Waals surface area (Å²) >= 11 is 0. The van der Waals surface area contributed by atoms with Crippen molar-refractivity contribution in [2.75, 3.05) is 23.8 Å². The number of nitro benzene ring substituents is 1. The molecule has 0 saturated heterocycles. The lowest BCUT2D eigenvalue weighted by atomic mass is 9.91. The van der Waals surface area contributed by atoms with E-state index in [1.54, 1.807) is 46.8 Å². The fourth-order valence-electron chi connectivity index (χ4n) is 3.85. The second-order valence-corrected chi connectivity index (χ2v) is 9.16. The van der Waals surface area contributed by atoms with Crippen LogP contribution in [0.1, 0.15) is 52.2 Å². The third-order valence-electron chi connectivity index (χ3n) is 5.49. The topological polar surface area (TPSA) is 133 Å². The molecule has 0 spiro atoms. The third-order valence-corrected chi connectivity index (χ3v) is 5.49. The Morgan fingerprint density at radius 1 is 1.32 bits per heavy atom. The molecule has 0 amide bonds. The highest BCUT2D eigenvalue weighted by Gasteiger charge is 2.39. The number of hydrogen-bond donors (Lipinski definition) is 1. The number of aromatic nitrogens is 3. The van der Waals surface area contributed by atoms with Gasteiger partial charge in [-0.3, -0.25) is 15.1 Å². The Morgan fingerprint density at radius 3 is 2.70 bits per heavy atom. The standard InChI is InChI=1S/C25H27FN6O5/c1-13(2)37-23(33)15-11-27-24(29-17-10-19(32(34)35)16(26)9-20(17)36-6)30-22(15)31-12-25(4,5)21-18(31)8-7-14(3)28-21/h7-11,13H,12H2,1-6H3,(H,27,29,30)/i12D2. The van der Waals surface area contributed by atoms with Gasteiger partial charge in [-0.1, -0.05) is 13.8 Å². The van der Waals surface area contributed by atoms with Gasteiger partial charge in [0.25, 0.3) is 0 Å². The van der Waals surface area contributed by atoms with Gasteiger partial charge in [0.05, 0.1) is 37.9 Å². The first-order valence-electron chi connectivity index (χ1n) is 12.3. The van der Waals surface area contributed by atoms with Crippen LogP contribution >= 0.6 is 0 Å². The zero-order valence-electron chi connectivity index (χ0n) is 23.1. The van der Waals surface area contributed by atoms with E-state index in [1.807, 2.05) is 0 Å². The molecule has 1 N–H and O–H groups in total. The number of halogens is 1. The largest absolute Gasteiger partial charge is 0.494 e. The van der Waals surface area contributed by atoms with Crippen LogP contribution in [0.5, 0.6) is 5.75 Å². The first kappa shape index (κ1) is 23.1. The number of pyridine rings is 1. The minimum Gasteiger partial charge on any atom is -0.494 e. The number of esters is 1. The van der Waals surface area contributed by atoms with Crippen LogP contribution in [0.15, 0.2) is 30.5 Å². The van der Waals surface area contributed by atoms with Crippen LogP contribution in [0.4, 0.5) is 33.2 Å². The van der Waals surface area contributed by atoms with Crippen molar-refractivity contribution < 1.29 is 26.3 Å². The Balaban J connectivity index is 1.91. The predicted octanol–water partition coefficient (Wildman–Crippen LogP) is 4.97. The molecule has 0 bridgehead atoms. The number of aryl methyl sites for hydroxylation is 1. The second-order valence-electron chi connectivity index (χ2n) is 9.16. The van der Waals surface area contributed by atoms with E-state index in [0.717, 1.165) is 12.1 Å².